The van der Waals surface area contributed by atoms with Gasteiger partial charge in [-0.15, -0.1) is 0 Å². The van der Waals surface area contributed by atoms with Crippen molar-refractivity contribution in [3.05, 3.63) is 59.5 Å². The molecule has 0 unspecified atom stereocenters. The van der Waals surface area contributed by atoms with Gasteiger partial charge in [0, 0.05) is 39.1 Å². The Hall–Kier alpha value is -2.36. The van der Waals surface area contributed by atoms with Crippen LogP contribution in [0.1, 0.15) is 24.7 Å². The predicted octanol–water partition coefficient (Wildman–Crippen LogP) is 3.19. The first-order valence-corrected chi connectivity index (χ1v) is 7.53. The zero-order chi connectivity index (χ0) is 15.9. The molecule has 0 saturated carbocycles. The molecule has 1 aromatic rings. The second kappa shape index (κ2) is 7.59. The van der Waals surface area contributed by atoms with Gasteiger partial charge in [-0.3, -0.25) is 0 Å². The lowest BCUT2D eigenvalue weighted by Crippen LogP contribution is -2.11. The van der Waals surface area contributed by atoms with Crippen LogP contribution >= 0.6 is 0 Å². The number of rotatable bonds is 5. The smallest absolute Gasteiger partial charge is 0.116 e. The van der Waals surface area contributed by atoms with Crippen molar-refractivity contribution in [2.24, 2.45) is 0 Å². The lowest BCUT2D eigenvalue weighted by molar-refractivity contribution is 0.472. The normalized spacial score (nSPS) is 15.9. The number of hydrogen-bond acceptors (Lipinski definition) is 4. The van der Waals surface area contributed by atoms with Gasteiger partial charge < -0.3 is 9.80 Å². The molecule has 1 aliphatic heterocycles. The van der Waals surface area contributed by atoms with E-state index in [9.17, 15) is 0 Å². The van der Waals surface area contributed by atoms with Crippen LogP contribution in [0.25, 0.3) is 12.2 Å². The number of allylic oxidation sites excluding steroid dienone is 3. The summed E-state index contributed by atoms with van der Waals surface area (Å²) in [5, 5.41) is 0. The van der Waals surface area contributed by atoms with Gasteiger partial charge >= 0.3 is 0 Å². The molecule has 2 heterocycles. The average molecular weight is 296 g/mol. The van der Waals surface area contributed by atoms with Crippen LogP contribution in [0.15, 0.2) is 48.1 Å². The van der Waals surface area contributed by atoms with Gasteiger partial charge in [0.2, 0.25) is 0 Å². The summed E-state index contributed by atoms with van der Waals surface area (Å²) in [5.41, 5.74) is 4.22. The lowest BCUT2D eigenvalue weighted by Gasteiger charge is -2.12. The molecule has 1 aliphatic rings. The molecule has 0 bridgehead atoms. The van der Waals surface area contributed by atoms with E-state index < -0.39 is 0 Å². The molecule has 0 fully saturated rings. The monoisotopic (exact) mass is 296 g/mol. The summed E-state index contributed by atoms with van der Waals surface area (Å²) < 4.78 is 0. The van der Waals surface area contributed by atoms with Gasteiger partial charge in [0.1, 0.15) is 6.33 Å². The molecule has 0 radical (unpaired) electrons. The largest absolute Gasteiger partial charge is 0.378 e. The highest BCUT2D eigenvalue weighted by Crippen LogP contribution is 2.15. The molecule has 4 heteroatoms. The third-order valence-electron chi connectivity index (χ3n) is 3.63. The fourth-order valence-corrected chi connectivity index (χ4v) is 2.30. The molecule has 1 aromatic heterocycles. The minimum absolute atomic E-state index is 0.907. The number of nitrogens with zero attached hydrogens (tertiary/aromatic N) is 4. The van der Waals surface area contributed by atoms with E-state index in [2.05, 4.69) is 51.1 Å². The van der Waals surface area contributed by atoms with Crippen molar-refractivity contribution in [2.45, 2.75) is 13.3 Å². The Morgan fingerprint density at radius 1 is 1.18 bits per heavy atom. The Balaban J connectivity index is 2.10. The highest BCUT2D eigenvalue weighted by Gasteiger charge is 2.06. The zero-order valence-corrected chi connectivity index (χ0v) is 13.8. The Morgan fingerprint density at radius 3 is 2.50 bits per heavy atom. The van der Waals surface area contributed by atoms with E-state index in [1.165, 1.54) is 5.70 Å². The topological polar surface area (TPSA) is 32.3 Å². The number of hydrogen-bond donors (Lipinski definition) is 0. The second-order valence-corrected chi connectivity index (χ2v) is 5.48. The molecule has 0 N–H and O–H groups in total. The first kappa shape index (κ1) is 16.0. The molecule has 4 nitrogen and oxygen atoms in total. The van der Waals surface area contributed by atoms with Gasteiger partial charge in [-0.2, -0.15) is 0 Å². The Morgan fingerprint density at radius 2 is 1.91 bits per heavy atom. The standard InChI is InChI=1S/C18H24N4/c1-5-17(21(2)3)10-8-15-13-16(20-14-19-15)9-11-18-7-6-12-22(18)4/h5,7-11,13-14H,6,12H2,1-4H3. The third-order valence-corrected chi connectivity index (χ3v) is 3.63. The van der Waals surface area contributed by atoms with Gasteiger partial charge in [0.05, 0.1) is 11.4 Å². The number of likely N-dealkylation sites (N-methyl/N-ethyl adjacent to an activating group) is 2. The van der Waals surface area contributed by atoms with Gasteiger partial charge in [-0.25, -0.2) is 9.97 Å². The van der Waals surface area contributed by atoms with Crippen LogP contribution in [0.4, 0.5) is 0 Å². The van der Waals surface area contributed by atoms with E-state index in [-0.39, 0.29) is 0 Å². The first-order valence-electron chi connectivity index (χ1n) is 7.53. The van der Waals surface area contributed by atoms with E-state index in [4.69, 9.17) is 0 Å². The van der Waals surface area contributed by atoms with Crippen molar-refractivity contribution >= 4 is 12.2 Å². The number of aromatic nitrogens is 2. The maximum absolute atomic E-state index is 4.31. The minimum Gasteiger partial charge on any atom is -0.378 e. The average Bonchev–Trinajstić information content (AvgIpc) is 2.91. The molecule has 116 valence electrons. The van der Waals surface area contributed by atoms with E-state index in [1.807, 2.05) is 39.2 Å². The van der Waals surface area contributed by atoms with E-state index >= 15 is 0 Å². The quantitative estimate of drug-likeness (QED) is 0.781. The van der Waals surface area contributed by atoms with Gasteiger partial charge in [-0.1, -0.05) is 12.2 Å². The maximum atomic E-state index is 4.31. The molecule has 0 saturated heterocycles. The van der Waals surface area contributed by atoms with Crippen LogP contribution in [0.2, 0.25) is 0 Å². The fourth-order valence-electron chi connectivity index (χ4n) is 2.30. The molecule has 0 aliphatic carbocycles. The van der Waals surface area contributed by atoms with Crippen molar-refractivity contribution in [1.29, 1.82) is 0 Å². The van der Waals surface area contributed by atoms with Crippen molar-refractivity contribution in [3.63, 3.8) is 0 Å². The third kappa shape index (κ3) is 4.32. The summed E-state index contributed by atoms with van der Waals surface area (Å²) in [6.45, 7) is 3.12. The summed E-state index contributed by atoms with van der Waals surface area (Å²) in [5.74, 6) is 0. The first-order chi connectivity index (χ1) is 10.6. The molecule has 0 atom stereocenters. The Labute approximate surface area is 133 Å². The zero-order valence-electron chi connectivity index (χ0n) is 13.8. The predicted molar refractivity (Wildman–Crippen MR) is 92.9 cm³/mol. The van der Waals surface area contributed by atoms with E-state index in [0.717, 1.165) is 30.1 Å². The molecule has 0 aromatic carbocycles. The van der Waals surface area contributed by atoms with Gasteiger partial charge in [0.25, 0.3) is 0 Å². The maximum Gasteiger partial charge on any atom is 0.116 e. The van der Waals surface area contributed by atoms with E-state index in [0.29, 0.717) is 0 Å². The lowest BCUT2D eigenvalue weighted by atomic mass is 10.2. The molecule has 22 heavy (non-hydrogen) atoms. The minimum atomic E-state index is 0.907. The van der Waals surface area contributed by atoms with Crippen LogP contribution in [0.3, 0.4) is 0 Å². The summed E-state index contributed by atoms with van der Waals surface area (Å²) >= 11 is 0. The van der Waals surface area contributed by atoms with Crippen molar-refractivity contribution in [1.82, 2.24) is 19.8 Å². The Kier molecular flexibility index (Phi) is 5.53. The van der Waals surface area contributed by atoms with Crippen LogP contribution in [-0.4, -0.2) is 47.5 Å². The van der Waals surface area contributed by atoms with Crippen LogP contribution in [0.5, 0.6) is 0 Å². The molecule has 0 amide bonds. The summed E-state index contributed by atoms with van der Waals surface area (Å²) in [6.07, 6.45) is 15.3. The summed E-state index contributed by atoms with van der Waals surface area (Å²) in [6, 6.07) is 1.99. The van der Waals surface area contributed by atoms with Crippen LogP contribution in [-0.2, 0) is 0 Å². The Bertz CT molecular complexity index is 596. The van der Waals surface area contributed by atoms with Gasteiger partial charge in [-0.05, 0) is 43.7 Å². The highest BCUT2D eigenvalue weighted by molar-refractivity contribution is 5.55. The summed E-state index contributed by atoms with van der Waals surface area (Å²) in [7, 11) is 6.16. The highest BCUT2D eigenvalue weighted by atomic mass is 15.1. The fraction of sp³-hybridized carbons (Fsp3) is 0.333. The molecular formula is C18H24N4. The van der Waals surface area contributed by atoms with Crippen LogP contribution in [0, 0.1) is 0 Å². The molecule has 0 spiro atoms. The van der Waals surface area contributed by atoms with Crippen LogP contribution < -0.4 is 0 Å². The SMILES string of the molecule is CC=C(C=Cc1cc(C=CC2=CCCN2C)ncn1)N(C)C. The second-order valence-electron chi connectivity index (χ2n) is 5.48. The van der Waals surface area contributed by atoms with Crippen molar-refractivity contribution in [3.8, 4) is 0 Å². The van der Waals surface area contributed by atoms with Gasteiger partial charge in [0.15, 0.2) is 0 Å². The molecular weight excluding hydrogens is 272 g/mol. The van der Waals surface area contributed by atoms with Crippen molar-refractivity contribution < 1.29 is 0 Å². The summed E-state index contributed by atoms with van der Waals surface area (Å²) in [4.78, 5) is 12.9. The molecule has 2 rings (SSSR count). The van der Waals surface area contributed by atoms with E-state index in [1.54, 1.807) is 6.33 Å². The van der Waals surface area contributed by atoms with Crippen molar-refractivity contribution in [2.75, 3.05) is 27.7 Å².